The number of nitrogens with one attached hydrogen (secondary N) is 2. The topological polar surface area (TPSA) is 57.9 Å². The molecule has 1 aromatic carbocycles. The first-order valence-corrected chi connectivity index (χ1v) is 5.58. The summed E-state index contributed by atoms with van der Waals surface area (Å²) in [6.45, 7) is 4.26. The third-order valence-corrected chi connectivity index (χ3v) is 2.78. The lowest BCUT2D eigenvalue weighted by molar-refractivity contribution is 0.415. The minimum atomic E-state index is -0.213. The van der Waals surface area contributed by atoms with E-state index in [2.05, 4.69) is 23.8 Å². The number of ether oxygens (including phenoxy) is 1. The van der Waals surface area contributed by atoms with Crippen LogP contribution in [0.15, 0.2) is 29.2 Å². The molecule has 17 heavy (non-hydrogen) atoms. The number of benzene rings is 1. The van der Waals surface area contributed by atoms with Crippen molar-refractivity contribution in [1.82, 2.24) is 9.97 Å². The van der Waals surface area contributed by atoms with Gasteiger partial charge in [-0.1, -0.05) is 19.9 Å². The van der Waals surface area contributed by atoms with Crippen LogP contribution >= 0.6 is 0 Å². The van der Waals surface area contributed by atoms with Crippen LogP contribution in [0.3, 0.4) is 0 Å². The molecular formula is C13H16N2O2. The first kappa shape index (κ1) is 11.5. The molecule has 0 amide bonds. The van der Waals surface area contributed by atoms with E-state index in [0.717, 1.165) is 17.0 Å². The first-order chi connectivity index (χ1) is 8.11. The van der Waals surface area contributed by atoms with Gasteiger partial charge >= 0.3 is 5.69 Å². The smallest absolute Gasteiger partial charge is 0.323 e. The van der Waals surface area contributed by atoms with Crippen LogP contribution < -0.4 is 10.4 Å². The zero-order chi connectivity index (χ0) is 12.4. The number of hydrogen-bond acceptors (Lipinski definition) is 2. The van der Waals surface area contributed by atoms with Crippen LogP contribution in [-0.4, -0.2) is 17.1 Å². The maximum atomic E-state index is 11.1. The van der Waals surface area contributed by atoms with Gasteiger partial charge in [0.1, 0.15) is 5.75 Å². The molecule has 0 saturated carbocycles. The van der Waals surface area contributed by atoms with Gasteiger partial charge in [0, 0.05) is 11.8 Å². The summed E-state index contributed by atoms with van der Waals surface area (Å²) in [6.07, 6.45) is 1.65. The van der Waals surface area contributed by atoms with Crippen molar-refractivity contribution < 1.29 is 4.74 Å². The molecule has 0 fully saturated rings. The van der Waals surface area contributed by atoms with Crippen molar-refractivity contribution in [3.8, 4) is 17.0 Å². The summed E-state index contributed by atoms with van der Waals surface area (Å²) in [4.78, 5) is 16.4. The van der Waals surface area contributed by atoms with Crippen molar-refractivity contribution in [3.63, 3.8) is 0 Å². The van der Waals surface area contributed by atoms with E-state index in [9.17, 15) is 4.79 Å². The zero-order valence-corrected chi connectivity index (χ0v) is 10.2. The molecule has 0 bridgehead atoms. The highest BCUT2D eigenvalue weighted by molar-refractivity contribution is 5.67. The van der Waals surface area contributed by atoms with Gasteiger partial charge in [0.15, 0.2) is 0 Å². The Kier molecular flexibility index (Phi) is 3.04. The highest BCUT2D eigenvalue weighted by atomic mass is 16.5. The van der Waals surface area contributed by atoms with Crippen molar-refractivity contribution in [2.24, 2.45) is 0 Å². The van der Waals surface area contributed by atoms with Crippen molar-refractivity contribution in [2.45, 2.75) is 19.8 Å². The molecule has 0 aliphatic heterocycles. The van der Waals surface area contributed by atoms with Gasteiger partial charge in [-0.05, 0) is 23.6 Å². The molecule has 0 unspecified atom stereocenters. The summed E-state index contributed by atoms with van der Waals surface area (Å²) in [5, 5.41) is 0. The lowest BCUT2D eigenvalue weighted by atomic mass is 10.00. The second-order valence-corrected chi connectivity index (χ2v) is 4.27. The summed E-state index contributed by atoms with van der Waals surface area (Å²) in [5.41, 5.74) is 2.62. The third kappa shape index (κ3) is 2.25. The van der Waals surface area contributed by atoms with Crippen LogP contribution in [0.5, 0.6) is 5.75 Å². The monoisotopic (exact) mass is 232 g/mol. The number of aromatic nitrogens is 2. The predicted octanol–water partition coefficient (Wildman–Crippen LogP) is 2.50. The number of aromatic amines is 2. The van der Waals surface area contributed by atoms with E-state index in [1.54, 1.807) is 13.3 Å². The highest BCUT2D eigenvalue weighted by Gasteiger charge is 2.10. The van der Waals surface area contributed by atoms with E-state index in [0.29, 0.717) is 5.92 Å². The van der Waals surface area contributed by atoms with Crippen LogP contribution in [-0.2, 0) is 0 Å². The van der Waals surface area contributed by atoms with Gasteiger partial charge in [0.25, 0.3) is 0 Å². The molecule has 90 valence electrons. The molecule has 0 saturated heterocycles. The number of methoxy groups -OCH3 is 1. The molecule has 0 aliphatic carbocycles. The maximum absolute atomic E-state index is 11.1. The van der Waals surface area contributed by atoms with Gasteiger partial charge in [0.05, 0.1) is 12.8 Å². The largest absolute Gasteiger partial charge is 0.496 e. The molecule has 1 heterocycles. The van der Waals surface area contributed by atoms with E-state index in [4.69, 9.17) is 4.74 Å². The number of imidazole rings is 1. The third-order valence-electron chi connectivity index (χ3n) is 2.78. The molecule has 0 atom stereocenters. The Bertz CT molecular complexity index is 567. The van der Waals surface area contributed by atoms with Gasteiger partial charge in [-0.2, -0.15) is 0 Å². The fourth-order valence-corrected chi connectivity index (χ4v) is 1.77. The summed E-state index contributed by atoms with van der Waals surface area (Å²) in [6, 6.07) is 6.02. The van der Waals surface area contributed by atoms with Crippen LogP contribution in [0.2, 0.25) is 0 Å². The quantitative estimate of drug-likeness (QED) is 0.854. The molecule has 2 rings (SSSR count). The van der Waals surface area contributed by atoms with Crippen molar-refractivity contribution in [1.29, 1.82) is 0 Å². The van der Waals surface area contributed by atoms with Crippen molar-refractivity contribution in [2.75, 3.05) is 7.11 Å². The fraction of sp³-hybridized carbons (Fsp3) is 0.308. The Morgan fingerprint density at radius 1 is 1.29 bits per heavy atom. The average molecular weight is 232 g/mol. The Morgan fingerprint density at radius 2 is 2.06 bits per heavy atom. The summed E-state index contributed by atoms with van der Waals surface area (Å²) < 4.78 is 5.36. The summed E-state index contributed by atoms with van der Waals surface area (Å²) >= 11 is 0. The predicted molar refractivity (Wildman–Crippen MR) is 67.5 cm³/mol. The molecule has 0 aliphatic rings. The fourth-order valence-electron chi connectivity index (χ4n) is 1.77. The lowest BCUT2D eigenvalue weighted by Gasteiger charge is -2.11. The first-order valence-electron chi connectivity index (χ1n) is 5.58. The van der Waals surface area contributed by atoms with E-state index in [1.165, 1.54) is 5.56 Å². The van der Waals surface area contributed by atoms with Gasteiger partial charge in [-0.25, -0.2) is 4.79 Å². The number of rotatable bonds is 3. The van der Waals surface area contributed by atoms with Crippen LogP contribution in [0.4, 0.5) is 0 Å². The number of hydrogen-bond donors (Lipinski definition) is 2. The Balaban J connectivity index is 2.51. The van der Waals surface area contributed by atoms with Crippen LogP contribution in [0, 0.1) is 0 Å². The molecular weight excluding hydrogens is 216 g/mol. The van der Waals surface area contributed by atoms with Crippen LogP contribution in [0.25, 0.3) is 11.3 Å². The van der Waals surface area contributed by atoms with Crippen LogP contribution in [0.1, 0.15) is 25.3 Å². The minimum absolute atomic E-state index is 0.213. The van der Waals surface area contributed by atoms with Crippen molar-refractivity contribution in [3.05, 3.63) is 40.4 Å². The normalized spacial score (nSPS) is 10.8. The molecule has 0 radical (unpaired) electrons. The molecule has 2 N–H and O–H groups in total. The molecule has 0 spiro atoms. The SMILES string of the molecule is COc1cc(C(C)C)ccc1-c1c[nH]c(=O)[nH]1. The van der Waals surface area contributed by atoms with E-state index in [-0.39, 0.29) is 5.69 Å². The Morgan fingerprint density at radius 3 is 2.59 bits per heavy atom. The highest BCUT2D eigenvalue weighted by Crippen LogP contribution is 2.30. The zero-order valence-electron chi connectivity index (χ0n) is 10.2. The Labute approximate surface area is 99.7 Å². The number of H-pyrrole nitrogens is 2. The maximum Gasteiger partial charge on any atom is 0.323 e. The van der Waals surface area contributed by atoms with E-state index < -0.39 is 0 Å². The summed E-state index contributed by atoms with van der Waals surface area (Å²) in [5.74, 6) is 1.22. The Hall–Kier alpha value is -1.97. The molecule has 1 aromatic heterocycles. The van der Waals surface area contributed by atoms with Gasteiger partial charge in [-0.3, -0.25) is 0 Å². The minimum Gasteiger partial charge on any atom is -0.496 e. The second-order valence-electron chi connectivity index (χ2n) is 4.27. The van der Waals surface area contributed by atoms with Gasteiger partial charge in [0.2, 0.25) is 0 Å². The lowest BCUT2D eigenvalue weighted by Crippen LogP contribution is -2.00. The van der Waals surface area contributed by atoms with E-state index in [1.807, 2.05) is 18.2 Å². The molecule has 4 nitrogen and oxygen atoms in total. The van der Waals surface area contributed by atoms with Crippen molar-refractivity contribution >= 4 is 0 Å². The average Bonchev–Trinajstić information content (AvgIpc) is 2.74. The standard InChI is InChI=1S/C13H16N2O2/c1-8(2)9-4-5-10(12(6-9)17-3)11-7-14-13(16)15-11/h4-8H,1-3H3,(H2,14,15,16). The second kappa shape index (κ2) is 4.49. The van der Waals surface area contributed by atoms with E-state index >= 15 is 0 Å². The summed E-state index contributed by atoms with van der Waals surface area (Å²) in [7, 11) is 1.63. The van der Waals surface area contributed by atoms with Gasteiger partial charge in [-0.15, -0.1) is 0 Å². The molecule has 2 aromatic rings. The van der Waals surface area contributed by atoms with Gasteiger partial charge < -0.3 is 14.7 Å². The molecule has 4 heteroatoms.